The Hall–Kier alpha value is -1.59. The minimum atomic E-state index is 0. The summed E-state index contributed by atoms with van der Waals surface area (Å²) in [5.41, 5.74) is 1.36. The van der Waals surface area contributed by atoms with E-state index in [4.69, 9.17) is 0 Å². The summed E-state index contributed by atoms with van der Waals surface area (Å²) in [6, 6.07) is 7.63. The van der Waals surface area contributed by atoms with Crippen molar-refractivity contribution in [2.45, 2.75) is 51.0 Å². The van der Waals surface area contributed by atoms with Crippen LogP contribution in [0.15, 0.2) is 24.3 Å². The molecule has 5 nitrogen and oxygen atoms in total. The second kappa shape index (κ2) is 9.93. The van der Waals surface area contributed by atoms with E-state index >= 15 is 0 Å². The topological polar surface area (TPSA) is 61.4 Å². The van der Waals surface area contributed by atoms with Crippen molar-refractivity contribution in [1.29, 1.82) is 0 Å². The molecule has 1 aromatic carbocycles. The summed E-state index contributed by atoms with van der Waals surface area (Å²) >= 11 is 0. The summed E-state index contributed by atoms with van der Waals surface area (Å²) in [6.07, 6.45) is 7.43. The molecule has 1 aliphatic carbocycles. The van der Waals surface area contributed by atoms with Crippen LogP contribution in [0.5, 0.6) is 0 Å². The van der Waals surface area contributed by atoms with E-state index in [0.717, 1.165) is 57.3 Å². The Morgan fingerprint density at radius 1 is 1.08 bits per heavy atom. The third-order valence-corrected chi connectivity index (χ3v) is 5.53. The van der Waals surface area contributed by atoms with Crippen molar-refractivity contribution in [3.8, 4) is 0 Å². The molecule has 144 valence electrons. The highest BCUT2D eigenvalue weighted by molar-refractivity contribution is 5.97. The van der Waals surface area contributed by atoms with E-state index in [-0.39, 0.29) is 36.2 Å². The maximum absolute atomic E-state index is 12.8. The lowest BCUT2D eigenvalue weighted by molar-refractivity contribution is -0.120. The molecule has 2 fully saturated rings. The number of amides is 2. The first-order valence-corrected chi connectivity index (χ1v) is 9.54. The number of nitrogens with zero attached hydrogens (tertiary/aromatic N) is 1. The first-order valence-electron chi connectivity index (χ1n) is 9.54. The van der Waals surface area contributed by atoms with Gasteiger partial charge in [0.25, 0.3) is 5.91 Å². The molecule has 1 saturated heterocycles. The molecule has 0 unspecified atom stereocenters. The average Bonchev–Trinajstić information content (AvgIpc) is 2.68. The fraction of sp³-hybridized carbons (Fsp3) is 0.600. The third-order valence-electron chi connectivity index (χ3n) is 5.53. The van der Waals surface area contributed by atoms with Crippen LogP contribution in [0.2, 0.25) is 0 Å². The quantitative estimate of drug-likeness (QED) is 0.842. The Kier molecular flexibility index (Phi) is 7.91. The van der Waals surface area contributed by atoms with Crippen LogP contribution in [-0.2, 0) is 4.79 Å². The lowest BCUT2D eigenvalue weighted by Crippen LogP contribution is -2.43. The number of halogens is 1. The average molecular weight is 380 g/mol. The van der Waals surface area contributed by atoms with Crippen molar-refractivity contribution < 1.29 is 9.59 Å². The predicted octanol–water partition coefficient (Wildman–Crippen LogP) is 3.45. The van der Waals surface area contributed by atoms with Crippen LogP contribution in [0.3, 0.4) is 0 Å². The molecule has 1 heterocycles. The van der Waals surface area contributed by atoms with Crippen LogP contribution in [0.25, 0.3) is 0 Å². The second-order valence-electron chi connectivity index (χ2n) is 7.30. The number of hydrogen-bond acceptors (Lipinski definition) is 3. The highest BCUT2D eigenvalue weighted by atomic mass is 35.5. The molecule has 0 bridgehead atoms. The van der Waals surface area contributed by atoms with Crippen molar-refractivity contribution >= 4 is 29.9 Å². The molecule has 0 atom stereocenters. The lowest BCUT2D eigenvalue weighted by atomic mass is 9.88. The summed E-state index contributed by atoms with van der Waals surface area (Å²) in [5.74, 6) is 0.238. The van der Waals surface area contributed by atoms with Gasteiger partial charge >= 0.3 is 0 Å². The number of piperidine rings is 1. The van der Waals surface area contributed by atoms with Crippen molar-refractivity contribution in [1.82, 2.24) is 10.2 Å². The zero-order valence-corrected chi connectivity index (χ0v) is 16.3. The first-order chi connectivity index (χ1) is 12.1. The largest absolute Gasteiger partial charge is 0.339 e. The van der Waals surface area contributed by atoms with E-state index in [9.17, 15) is 9.59 Å². The normalized spacial score (nSPS) is 18.7. The first kappa shape index (κ1) is 20.7. The van der Waals surface area contributed by atoms with E-state index in [1.165, 1.54) is 6.42 Å². The molecule has 1 aliphatic heterocycles. The van der Waals surface area contributed by atoms with E-state index in [1.807, 2.05) is 30.1 Å². The maximum Gasteiger partial charge on any atom is 0.253 e. The van der Waals surface area contributed by atoms with Crippen LogP contribution in [-0.4, -0.2) is 42.9 Å². The molecule has 0 aromatic heterocycles. The van der Waals surface area contributed by atoms with Gasteiger partial charge in [-0.25, -0.2) is 0 Å². The molecule has 2 amide bonds. The number of carbonyl (C=O) groups is 2. The molecule has 6 heteroatoms. The Morgan fingerprint density at radius 2 is 1.77 bits per heavy atom. The zero-order valence-electron chi connectivity index (χ0n) is 15.5. The second-order valence-corrected chi connectivity index (χ2v) is 7.30. The summed E-state index contributed by atoms with van der Waals surface area (Å²) in [6.45, 7) is 1.92. The van der Waals surface area contributed by atoms with Gasteiger partial charge in [0, 0.05) is 30.3 Å². The van der Waals surface area contributed by atoms with E-state index < -0.39 is 0 Å². The van der Waals surface area contributed by atoms with Crippen LogP contribution in [0.4, 0.5) is 5.69 Å². The van der Waals surface area contributed by atoms with Crippen LogP contribution >= 0.6 is 12.4 Å². The summed E-state index contributed by atoms with van der Waals surface area (Å²) in [7, 11) is 1.88. The van der Waals surface area contributed by atoms with Gasteiger partial charge in [-0.05, 0) is 57.0 Å². The fourth-order valence-electron chi connectivity index (χ4n) is 3.90. The van der Waals surface area contributed by atoms with E-state index in [0.29, 0.717) is 5.56 Å². The molecule has 3 rings (SSSR count). The minimum Gasteiger partial charge on any atom is -0.339 e. The van der Waals surface area contributed by atoms with Crippen LogP contribution in [0.1, 0.15) is 55.3 Å². The van der Waals surface area contributed by atoms with Gasteiger partial charge in [-0.15, -0.1) is 12.4 Å². The van der Waals surface area contributed by atoms with E-state index in [1.54, 1.807) is 6.07 Å². The standard InChI is InChI=1S/C20H29N3O2.ClH/c1-23(18-10-12-21-13-11-18)20(25)16-8-5-9-17(14-16)22-19(24)15-6-3-2-4-7-15;/h5,8-9,14-15,18,21H,2-4,6-7,10-13H2,1H3,(H,22,24);1H. The maximum atomic E-state index is 12.8. The van der Waals surface area contributed by atoms with Crippen LogP contribution in [0, 0.1) is 5.92 Å². The van der Waals surface area contributed by atoms with Gasteiger partial charge < -0.3 is 15.5 Å². The number of rotatable bonds is 4. The number of anilines is 1. The smallest absolute Gasteiger partial charge is 0.253 e. The highest BCUT2D eigenvalue weighted by Crippen LogP contribution is 2.25. The van der Waals surface area contributed by atoms with Crippen molar-refractivity contribution in [3.05, 3.63) is 29.8 Å². The van der Waals surface area contributed by atoms with Crippen molar-refractivity contribution in [2.75, 3.05) is 25.5 Å². The molecule has 1 aromatic rings. The molecule has 26 heavy (non-hydrogen) atoms. The van der Waals surface area contributed by atoms with Gasteiger partial charge in [-0.3, -0.25) is 9.59 Å². The molecule has 1 saturated carbocycles. The molecule has 2 aliphatic rings. The zero-order chi connectivity index (χ0) is 17.6. The van der Waals surface area contributed by atoms with Gasteiger partial charge in [0.05, 0.1) is 0 Å². The Labute approximate surface area is 162 Å². The molecular formula is C20H30ClN3O2. The van der Waals surface area contributed by atoms with Gasteiger partial charge in [-0.1, -0.05) is 25.3 Å². The monoisotopic (exact) mass is 379 g/mol. The SMILES string of the molecule is CN(C(=O)c1cccc(NC(=O)C2CCCCC2)c1)C1CCNCC1.Cl. The minimum absolute atomic E-state index is 0. The van der Waals surface area contributed by atoms with Crippen molar-refractivity contribution in [3.63, 3.8) is 0 Å². The van der Waals surface area contributed by atoms with Crippen LogP contribution < -0.4 is 10.6 Å². The van der Waals surface area contributed by atoms with Gasteiger partial charge in [0.15, 0.2) is 0 Å². The van der Waals surface area contributed by atoms with Gasteiger partial charge in [0.2, 0.25) is 5.91 Å². The molecular weight excluding hydrogens is 350 g/mol. The van der Waals surface area contributed by atoms with Gasteiger partial charge in [0.1, 0.15) is 0 Å². The predicted molar refractivity (Wildman–Crippen MR) is 107 cm³/mol. The Balaban J connectivity index is 0.00000243. The highest BCUT2D eigenvalue weighted by Gasteiger charge is 2.24. The lowest BCUT2D eigenvalue weighted by Gasteiger charge is -2.31. The fourth-order valence-corrected chi connectivity index (χ4v) is 3.90. The van der Waals surface area contributed by atoms with E-state index in [2.05, 4.69) is 10.6 Å². The molecule has 0 radical (unpaired) electrons. The molecule has 2 N–H and O–H groups in total. The number of nitrogens with one attached hydrogen (secondary N) is 2. The molecule has 0 spiro atoms. The summed E-state index contributed by atoms with van der Waals surface area (Å²) in [4.78, 5) is 27.0. The number of hydrogen-bond donors (Lipinski definition) is 2. The summed E-state index contributed by atoms with van der Waals surface area (Å²) in [5, 5.41) is 6.33. The van der Waals surface area contributed by atoms with Crippen molar-refractivity contribution in [2.24, 2.45) is 5.92 Å². The van der Waals surface area contributed by atoms with Gasteiger partial charge in [-0.2, -0.15) is 0 Å². The number of benzene rings is 1. The third kappa shape index (κ3) is 5.21. The Bertz CT molecular complexity index is 611. The Morgan fingerprint density at radius 3 is 2.46 bits per heavy atom. The number of carbonyl (C=O) groups excluding carboxylic acids is 2. The summed E-state index contributed by atoms with van der Waals surface area (Å²) < 4.78 is 0.